The van der Waals surface area contributed by atoms with Gasteiger partial charge in [-0.05, 0) is 17.3 Å². The summed E-state index contributed by atoms with van der Waals surface area (Å²) in [5.74, 6) is 0. The molecule has 0 aliphatic heterocycles. The van der Waals surface area contributed by atoms with Crippen LogP contribution in [0.25, 0.3) is 0 Å². The average molecular weight is 302 g/mol. The van der Waals surface area contributed by atoms with E-state index in [4.69, 9.17) is 18.0 Å². The maximum atomic E-state index is 11.9. The van der Waals surface area contributed by atoms with Gasteiger partial charge in [0.15, 0.2) is 0 Å². The second kappa shape index (κ2) is 4.88. The average Bonchev–Trinajstić information content (AvgIpc) is 2.81. The van der Waals surface area contributed by atoms with Gasteiger partial charge in [0.05, 0.1) is 5.69 Å². The maximum absolute atomic E-state index is 11.9. The van der Waals surface area contributed by atoms with Crippen molar-refractivity contribution < 1.29 is 8.42 Å². The van der Waals surface area contributed by atoms with Gasteiger partial charge in [-0.15, -0.1) is 0 Å². The third-order valence-corrected chi connectivity index (χ3v) is 3.99. The number of nitrogens with zero attached hydrogens (tertiary/aromatic N) is 4. The van der Waals surface area contributed by atoms with E-state index in [1.165, 1.54) is 12.1 Å². The van der Waals surface area contributed by atoms with Crippen LogP contribution in [0, 0.1) is 0 Å². The maximum Gasteiger partial charge on any atom is 0.265 e. The van der Waals surface area contributed by atoms with E-state index in [9.17, 15) is 8.42 Å². The van der Waals surface area contributed by atoms with Crippen LogP contribution < -0.4 is 10.5 Å². The number of hydrogen-bond donors (Lipinski definition) is 2. The first-order valence-corrected chi connectivity index (χ1v) is 7.09. The van der Waals surface area contributed by atoms with E-state index >= 15 is 0 Å². The molecule has 11 heteroatoms. The molecule has 2 heterocycles. The standard InChI is InChI=1S/C7H6N6O2S3/c8-6(16)5-2-1-4(3-9-5)18(14,15)11-7-10-12-13-17-7/h1-3H,(H2,8,16)(H,10,11,13). The fourth-order valence-corrected chi connectivity index (χ4v) is 2.68. The Labute approximate surface area is 111 Å². The zero-order valence-corrected chi connectivity index (χ0v) is 11.1. The van der Waals surface area contributed by atoms with Crippen molar-refractivity contribution in [3.8, 4) is 0 Å². The Morgan fingerprint density at radius 2 is 2.22 bits per heavy atom. The number of hydrogen-bond acceptors (Lipinski definition) is 8. The van der Waals surface area contributed by atoms with Gasteiger partial charge in [-0.25, -0.2) is 8.42 Å². The number of pyridine rings is 1. The van der Waals surface area contributed by atoms with Crippen LogP contribution in [0.1, 0.15) is 5.69 Å². The number of rotatable bonds is 4. The smallest absolute Gasteiger partial charge is 0.265 e. The molecule has 2 aromatic rings. The van der Waals surface area contributed by atoms with Crippen molar-refractivity contribution in [3.05, 3.63) is 24.0 Å². The Bertz CT molecular complexity index is 651. The predicted molar refractivity (Wildman–Crippen MR) is 68.6 cm³/mol. The van der Waals surface area contributed by atoms with Gasteiger partial charge in [-0.3, -0.25) is 9.71 Å². The van der Waals surface area contributed by atoms with Crippen LogP contribution in [-0.4, -0.2) is 33.2 Å². The predicted octanol–water partition coefficient (Wildman–Crippen LogP) is -0.237. The lowest BCUT2D eigenvalue weighted by Gasteiger charge is -2.04. The fraction of sp³-hybridized carbons (Fsp3) is 0. The molecule has 0 amide bonds. The monoisotopic (exact) mass is 302 g/mol. The van der Waals surface area contributed by atoms with Crippen molar-refractivity contribution in [1.82, 2.24) is 19.8 Å². The molecular weight excluding hydrogens is 296 g/mol. The molecule has 0 unspecified atom stereocenters. The van der Waals surface area contributed by atoms with E-state index in [0.717, 1.165) is 17.7 Å². The van der Waals surface area contributed by atoms with E-state index < -0.39 is 10.0 Å². The van der Waals surface area contributed by atoms with Crippen molar-refractivity contribution in [2.45, 2.75) is 4.90 Å². The van der Waals surface area contributed by atoms with Gasteiger partial charge in [0.2, 0.25) is 5.13 Å². The molecule has 0 aliphatic carbocycles. The molecule has 0 bridgehead atoms. The number of nitrogens with one attached hydrogen (secondary N) is 1. The van der Waals surface area contributed by atoms with E-state index in [0.29, 0.717) is 5.69 Å². The lowest BCUT2D eigenvalue weighted by molar-refractivity contribution is 0.600. The number of nitrogens with two attached hydrogens (primary N) is 1. The topological polar surface area (TPSA) is 124 Å². The lowest BCUT2D eigenvalue weighted by atomic mass is 10.3. The molecule has 0 aromatic carbocycles. The molecule has 0 saturated carbocycles. The molecule has 0 aliphatic rings. The van der Waals surface area contributed by atoms with Gasteiger partial charge in [0, 0.05) is 17.7 Å². The third-order valence-electron chi connectivity index (χ3n) is 1.82. The Hall–Kier alpha value is -1.72. The summed E-state index contributed by atoms with van der Waals surface area (Å²) in [6.07, 6.45) is 1.16. The summed E-state index contributed by atoms with van der Waals surface area (Å²) in [5.41, 5.74) is 5.71. The highest BCUT2D eigenvalue weighted by atomic mass is 32.2. The van der Waals surface area contributed by atoms with Gasteiger partial charge in [-0.2, -0.15) is 0 Å². The Balaban J connectivity index is 2.27. The third kappa shape index (κ3) is 2.75. The van der Waals surface area contributed by atoms with Crippen LogP contribution in [0.15, 0.2) is 23.2 Å². The molecule has 0 spiro atoms. The van der Waals surface area contributed by atoms with Crippen molar-refractivity contribution in [1.29, 1.82) is 0 Å². The number of thiocarbonyl (C=S) groups is 1. The summed E-state index contributed by atoms with van der Waals surface area (Å²) in [6.45, 7) is 0. The van der Waals surface area contributed by atoms with Gasteiger partial charge >= 0.3 is 0 Å². The fourth-order valence-electron chi connectivity index (χ4n) is 1.03. The molecule has 94 valence electrons. The zero-order chi connectivity index (χ0) is 13.2. The normalized spacial score (nSPS) is 11.1. The van der Waals surface area contributed by atoms with Crippen LogP contribution in [-0.2, 0) is 10.0 Å². The molecule has 3 N–H and O–H groups in total. The molecule has 8 nitrogen and oxygen atoms in total. The van der Waals surface area contributed by atoms with Crippen molar-refractivity contribution in [2.24, 2.45) is 5.73 Å². The SMILES string of the molecule is NC(=S)c1ccc(S(=O)(=O)Nc2nnns2)cn1. The van der Waals surface area contributed by atoms with Crippen molar-refractivity contribution in [2.75, 3.05) is 4.72 Å². The lowest BCUT2D eigenvalue weighted by Crippen LogP contribution is -2.15. The summed E-state index contributed by atoms with van der Waals surface area (Å²) in [6, 6.07) is 2.77. The summed E-state index contributed by atoms with van der Waals surface area (Å²) in [5, 5.41) is 6.84. The molecule has 0 radical (unpaired) electrons. The van der Waals surface area contributed by atoms with Crippen molar-refractivity contribution >= 4 is 43.9 Å². The van der Waals surface area contributed by atoms with E-state index in [-0.39, 0.29) is 15.0 Å². The minimum Gasteiger partial charge on any atom is -0.388 e. The van der Waals surface area contributed by atoms with Crippen LogP contribution in [0.5, 0.6) is 0 Å². The number of sulfonamides is 1. The first-order valence-electron chi connectivity index (χ1n) is 4.43. The van der Waals surface area contributed by atoms with Gasteiger partial charge in [-0.1, -0.05) is 21.8 Å². The molecule has 0 saturated heterocycles. The van der Waals surface area contributed by atoms with Gasteiger partial charge in [0.1, 0.15) is 9.88 Å². The zero-order valence-electron chi connectivity index (χ0n) is 8.64. The molecule has 2 aromatic heterocycles. The highest BCUT2D eigenvalue weighted by Gasteiger charge is 2.16. The van der Waals surface area contributed by atoms with E-state index in [2.05, 4.69) is 24.5 Å². The van der Waals surface area contributed by atoms with Crippen molar-refractivity contribution in [3.63, 3.8) is 0 Å². The second-order valence-corrected chi connectivity index (χ2v) is 5.87. The van der Waals surface area contributed by atoms with E-state index in [1.54, 1.807) is 0 Å². The summed E-state index contributed by atoms with van der Waals surface area (Å²) < 4.78 is 29.4. The van der Waals surface area contributed by atoms with E-state index in [1.807, 2.05) is 0 Å². The number of anilines is 1. The molecule has 0 atom stereocenters. The summed E-state index contributed by atoms with van der Waals surface area (Å²) in [7, 11) is -3.75. The molecule has 18 heavy (non-hydrogen) atoms. The highest BCUT2D eigenvalue weighted by molar-refractivity contribution is 7.93. The summed E-state index contributed by atoms with van der Waals surface area (Å²) in [4.78, 5) is 3.91. The Morgan fingerprint density at radius 3 is 2.72 bits per heavy atom. The van der Waals surface area contributed by atoms with Crippen LogP contribution in [0.4, 0.5) is 5.13 Å². The Kier molecular flexibility index (Phi) is 3.45. The quantitative estimate of drug-likeness (QED) is 0.742. The van der Waals surface area contributed by atoms with Crippen LogP contribution >= 0.6 is 23.8 Å². The summed E-state index contributed by atoms with van der Waals surface area (Å²) >= 11 is 5.55. The van der Waals surface area contributed by atoms with Crippen LogP contribution in [0.3, 0.4) is 0 Å². The first-order chi connectivity index (χ1) is 8.49. The molecule has 2 rings (SSSR count). The molecule has 0 fully saturated rings. The Morgan fingerprint density at radius 1 is 1.44 bits per heavy atom. The first kappa shape index (κ1) is 12.7. The molecular formula is C7H6N6O2S3. The minimum atomic E-state index is -3.75. The minimum absolute atomic E-state index is 0.0299. The highest BCUT2D eigenvalue weighted by Crippen LogP contribution is 2.14. The van der Waals surface area contributed by atoms with Crippen LogP contribution in [0.2, 0.25) is 0 Å². The largest absolute Gasteiger partial charge is 0.388 e. The van der Waals surface area contributed by atoms with Gasteiger partial charge < -0.3 is 5.73 Å². The number of aromatic nitrogens is 4. The second-order valence-electron chi connectivity index (χ2n) is 3.02. The van der Waals surface area contributed by atoms with Gasteiger partial charge in [0.25, 0.3) is 10.0 Å².